The van der Waals surface area contributed by atoms with Crippen LogP contribution in [0, 0.1) is 0 Å². The van der Waals surface area contributed by atoms with E-state index >= 15 is 0 Å². The van der Waals surface area contributed by atoms with Gasteiger partial charge in [-0.1, -0.05) is 11.8 Å². The van der Waals surface area contributed by atoms with Crippen LogP contribution in [0.4, 0.5) is 0 Å². The molecule has 1 aromatic rings. The second-order valence-corrected chi connectivity index (χ2v) is 3.78. The lowest BCUT2D eigenvalue weighted by atomic mass is 10.3. The summed E-state index contributed by atoms with van der Waals surface area (Å²) in [5.74, 6) is -0.161. The van der Waals surface area contributed by atoms with Crippen molar-refractivity contribution in [2.24, 2.45) is 7.05 Å². The first-order valence-corrected chi connectivity index (χ1v) is 5.06. The highest BCUT2D eigenvalue weighted by Gasteiger charge is 2.04. The molecule has 1 heterocycles. The number of nitrogens with one attached hydrogen (secondary N) is 1. The summed E-state index contributed by atoms with van der Waals surface area (Å²) < 4.78 is 1.39. The Labute approximate surface area is 84.3 Å². The third kappa shape index (κ3) is 2.91. The Morgan fingerprint density at radius 2 is 2.43 bits per heavy atom. The number of aromatic nitrogens is 3. The van der Waals surface area contributed by atoms with E-state index < -0.39 is 5.97 Å². The molecule has 0 unspecified atom stereocenters. The van der Waals surface area contributed by atoms with Gasteiger partial charge in [0.2, 0.25) is 0 Å². The third-order valence-electron chi connectivity index (χ3n) is 1.60. The predicted octanol–water partition coefficient (Wildman–Crippen LogP) is 0.0653. The average Bonchev–Trinajstić information content (AvgIpc) is 2.43. The second-order valence-electron chi connectivity index (χ2n) is 2.72. The fourth-order valence-electron chi connectivity index (χ4n) is 0.848. The topological polar surface area (TPSA) is 88.0 Å². The van der Waals surface area contributed by atoms with Crippen molar-refractivity contribution in [3.8, 4) is 0 Å². The molecule has 0 aliphatic heterocycles. The van der Waals surface area contributed by atoms with E-state index in [1.807, 2.05) is 0 Å². The van der Waals surface area contributed by atoms with Crippen LogP contribution in [0.5, 0.6) is 0 Å². The van der Waals surface area contributed by atoms with E-state index in [-0.39, 0.29) is 12.1 Å². The zero-order valence-corrected chi connectivity index (χ0v) is 8.50. The molecule has 7 heteroatoms. The maximum Gasteiger partial charge on any atom is 0.343 e. The number of carbonyl (C=O) groups is 1. The number of carboxylic acid groups (broad SMARTS) is 1. The zero-order chi connectivity index (χ0) is 10.6. The summed E-state index contributed by atoms with van der Waals surface area (Å²) in [6, 6.07) is 0. The lowest BCUT2D eigenvalue weighted by Gasteiger charge is -1.97. The van der Waals surface area contributed by atoms with E-state index in [2.05, 4.69) is 10.2 Å². The molecule has 0 aromatic carbocycles. The van der Waals surface area contributed by atoms with Gasteiger partial charge in [0, 0.05) is 19.2 Å². The van der Waals surface area contributed by atoms with Crippen LogP contribution in [0.1, 0.15) is 12.8 Å². The number of H-pyrrole nitrogens is 1. The van der Waals surface area contributed by atoms with Gasteiger partial charge in [-0.25, -0.2) is 9.89 Å². The monoisotopic (exact) mass is 217 g/mol. The van der Waals surface area contributed by atoms with Crippen molar-refractivity contribution in [3.63, 3.8) is 0 Å². The van der Waals surface area contributed by atoms with Gasteiger partial charge in [0.1, 0.15) is 0 Å². The van der Waals surface area contributed by atoms with Crippen molar-refractivity contribution >= 4 is 17.7 Å². The summed E-state index contributed by atoms with van der Waals surface area (Å²) in [6.07, 6.45) is 0.715. The fraction of sp³-hybridized carbons (Fsp3) is 0.571. The number of hydrogen-bond acceptors (Lipinski definition) is 4. The number of nitrogens with zero attached hydrogens (tertiary/aromatic N) is 2. The first-order valence-electron chi connectivity index (χ1n) is 4.07. The number of carboxylic acids is 1. The first kappa shape index (κ1) is 10.8. The molecule has 0 bridgehead atoms. The van der Waals surface area contributed by atoms with E-state index in [1.54, 1.807) is 7.05 Å². The van der Waals surface area contributed by atoms with Gasteiger partial charge in [0.15, 0.2) is 5.16 Å². The van der Waals surface area contributed by atoms with Crippen molar-refractivity contribution in [2.75, 3.05) is 5.75 Å². The lowest BCUT2D eigenvalue weighted by molar-refractivity contribution is -0.137. The largest absolute Gasteiger partial charge is 0.481 e. The van der Waals surface area contributed by atoms with E-state index in [4.69, 9.17) is 5.11 Å². The number of hydrogen-bond donors (Lipinski definition) is 2. The van der Waals surface area contributed by atoms with Crippen molar-refractivity contribution < 1.29 is 9.90 Å². The van der Waals surface area contributed by atoms with Gasteiger partial charge < -0.3 is 5.11 Å². The number of rotatable bonds is 5. The molecule has 0 aliphatic rings. The lowest BCUT2D eigenvalue weighted by Crippen LogP contribution is -2.12. The standard InChI is InChI=1S/C7H11N3O3S/c1-10-6(13)8-9-7(10)14-4-2-3-5(11)12/h2-4H2,1H3,(H,8,13)(H,11,12). The van der Waals surface area contributed by atoms with Crippen LogP contribution in [-0.2, 0) is 11.8 Å². The normalized spacial score (nSPS) is 10.4. The molecule has 1 rings (SSSR count). The second kappa shape index (κ2) is 4.85. The van der Waals surface area contributed by atoms with Crippen LogP contribution in [0.25, 0.3) is 0 Å². The Morgan fingerprint density at radius 1 is 1.71 bits per heavy atom. The summed E-state index contributed by atoms with van der Waals surface area (Å²) in [5, 5.41) is 15.0. The maximum atomic E-state index is 10.9. The molecular weight excluding hydrogens is 206 g/mol. The molecular formula is C7H11N3O3S. The summed E-state index contributed by atoms with van der Waals surface area (Å²) >= 11 is 1.37. The number of aromatic amines is 1. The zero-order valence-electron chi connectivity index (χ0n) is 7.69. The van der Waals surface area contributed by atoms with Crippen LogP contribution < -0.4 is 5.69 Å². The molecule has 0 radical (unpaired) electrons. The van der Waals surface area contributed by atoms with Gasteiger partial charge in [-0.3, -0.25) is 9.36 Å². The Morgan fingerprint density at radius 3 is 2.93 bits per heavy atom. The predicted molar refractivity (Wildman–Crippen MR) is 51.4 cm³/mol. The Bertz CT molecular complexity index is 371. The minimum Gasteiger partial charge on any atom is -0.481 e. The fourth-order valence-corrected chi connectivity index (χ4v) is 1.71. The smallest absolute Gasteiger partial charge is 0.343 e. The Kier molecular flexibility index (Phi) is 3.75. The molecule has 0 saturated carbocycles. The Balaban J connectivity index is 2.35. The molecule has 0 aliphatic carbocycles. The summed E-state index contributed by atoms with van der Waals surface area (Å²) in [5.41, 5.74) is -0.259. The summed E-state index contributed by atoms with van der Waals surface area (Å²) in [7, 11) is 1.62. The maximum absolute atomic E-state index is 10.9. The van der Waals surface area contributed by atoms with E-state index in [0.29, 0.717) is 17.3 Å². The summed E-state index contributed by atoms with van der Waals surface area (Å²) in [4.78, 5) is 21.1. The molecule has 0 saturated heterocycles. The number of thioether (sulfide) groups is 1. The molecule has 0 atom stereocenters. The van der Waals surface area contributed by atoms with Crippen LogP contribution in [0.15, 0.2) is 9.95 Å². The Hall–Kier alpha value is -1.24. The van der Waals surface area contributed by atoms with E-state index in [1.165, 1.54) is 16.3 Å². The molecule has 78 valence electrons. The summed E-state index contributed by atoms with van der Waals surface area (Å²) in [6.45, 7) is 0. The van der Waals surface area contributed by atoms with Crippen molar-refractivity contribution in [1.82, 2.24) is 14.8 Å². The quantitative estimate of drug-likeness (QED) is 0.538. The van der Waals surface area contributed by atoms with Gasteiger partial charge in [-0.15, -0.1) is 5.10 Å². The number of aliphatic carboxylic acids is 1. The average molecular weight is 217 g/mol. The van der Waals surface area contributed by atoms with Crippen LogP contribution in [0.3, 0.4) is 0 Å². The van der Waals surface area contributed by atoms with E-state index in [0.717, 1.165) is 0 Å². The van der Waals surface area contributed by atoms with Crippen LogP contribution in [0.2, 0.25) is 0 Å². The van der Waals surface area contributed by atoms with Crippen LogP contribution in [-0.4, -0.2) is 31.6 Å². The minimum absolute atomic E-state index is 0.144. The molecule has 1 aromatic heterocycles. The molecule has 14 heavy (non-hydrogen) atoms. The molecule has 0 spiro atoms. The highest BCUT2D eigenvalue weighted by molar-refractivity contribution is 7.99. The van der Waals surface area contributed by atoms with Gasteiger partial charge in [0.05, 0.1) is 0 Å². The molecule has 0 amide bonds. The van der Waals surface area contributed by atoms with Gasteiger partial charge in [-0.05, 0) is 6.42 Å². The first-order chi connectivity index (χ1) is 6.61. The van der Waals surface area contributed by atoms with Gasteiger partial charge in [-0.2, -0.15) is 0 Å². The molecule has 6 nitrogen and oxygen atoms in total. The van der Waals surface area contributed by atoms with Crippen molar-refractivity contribution in [3.05, 3.63) is 10.5 Å². The third-order valence-corrected chi connectivity index (χ3v) is 2.72. The van der Waals surface area contributed by atoms with Gasteiger partial charge >= 0.3 is 11.7 Å². The van der Waals surface area contributed by atoms with Crippen LogP contribution >= 0.6 is 11.8 Å². The minimum atomic E-state index is -0.804. The van der Waals surface area contributed by atoms with Crippen molar-refractivity contribution in [2.45, 2.75) is 18.0 Å². The molecule has 2 N–H and O–H groups in total. The highest BCUT2D eigenvalue weighted by atomic mass is 32.2. The SMILES string of the molecule is Cn1c(SCCCC(=O)O)n[nH]c1=O. The van der Waals surface area contributed by atoms with Gasteiger partial charge in [0.25, 0.3) is 0 Å². The molecule has 0 fully saturated rings. The highest BCUT2D eigenvalue weighted by Crippen LogP contribution is 2.13. The van der Waals surface area contributed by atoms with Crippen molar-refractivity contribution in [1.29, 1.82) is 0 Å². The van der Waals surface area contributed by atoms with E-state index in [9.17, 15) is 9.59 Å².